The molecule has 1 amide bonds. The van der Waals surface area contributed by atoms with Crippen LogP contribution in [0.25, 0.3) is 0 Å². The van der Waals surface area contributed by atoms with Crippen molar-refractivity contribution < 1.29 is 19.0 Å². The van der Waals surface area contributed by atoms with Crippen LogP contribution in [-0.4, -0.2) is 25.3 Å². The lowest BCUT2D eigenvalue weighted by Gasteiger charge is -2.12. The molecule has 0 aromatic heterocycles. The second-order valence-corrected chi connectivity index (χ2v) is 6.93. The maximum Gasteiger partial charge on any atom is 0.277 e. The number of nitrogens with zero attached hydrogens (tertiary/aromatic N) is 1. The van der Waals surface area contributed by atoms with Crippen LogP contribution in [0.5, 0.6) is 17.2 Å². The van der Waals surface area contributed by atoms with Gasteiger partial charge in [-0.1, -0.05) is 48.5 Å². The maximum absolute atomic E-state index is 12.1. The normalized spacial score (nSPS) is 11.0. The molecule has 6 nitrogen and oxygen atoms in total. The molecule has 0 unspecified atom stereocenters. The molecule has 0 aliphatic rings. The molecule has 0 aliphatic carbocycles. The smallest absolute Gasteiger partial charge is 0.277 e. The lowest BCUT2D eigenvalue weighted by atomic mass is 10.1. The third-order valence-corrected chi connectivity index (χ3v) is 4.62. The Morgan fingerprint density at radius 1 is 0.903 bits per heavy atom. The minimum absolute atomic E-state index is 0.114. The van der Waals surface area contributed by atoms with Crippen molar-refractivity contribution in [2.75, 3.05) is 13.7 Å². The summed E-state index contributed by atoms with van der Waals surface area (Å²) in [6, 6.07) is 23.0. The number of carbonyl (C=O) groups is 1. The summed E-state index contributed by atoms with van der Waals surface area (Å²) in [5, 5.41) is 4.17. The summed E-state index contributed by atoms with van der Waals surface area (Å²) in [4.78, 5) is 12.1. The van der Waals surface area contributed by atoms with E-state index in [9.17, 15) is 4.79 Å². The highest BCUT2D eigenvalue weighted by molar-refractivity contribution is 5.99. The van der Waals surface area contributed by atoms with Crippen molar-refractivity contribution in [1.82, 2.24) is 5.43 Å². The Kier molecular flexibility index (Phi) is 7.65. The molecule has 0 radical (unpaired) electrons. The fraction of sp³-hybridized carbons (Fsp3) is 0.200. The quantitative estimate of drug-likeness (QED) is 0.410. The van der Waals surface area contributed by atoms with E-state index in [4.69, 9.17) is 14.2 Å². The first-order valence-electron chi connectivity index (χ1n) is 9.93. The SMILES string of the molecule is COc1cc(C(C)=NNC(=O)COc2ccccc2C)ccc1OCc1ccccc1. The number of benzene rings is 3. The van der Waals surface area contributed by atoms with Crippen molar-refractivity contribution in [1.29, 1.82) is 0 Å². The molecule has 0 spiro atoms. The number of amides is 1. The highest BCUT2D eigenvalue weighted by atomic mass is 16.5. The molecule has 0 bridgehead atoms. The van der Waals surface area contributed by atoms with Gasteiger partial charge in [-0.25, -0.2) is 5.43 Å². The Bertz CT molecular complexity index is 1050. The van der Waals surface area contributed by atoms with Crippen molar-refractivity contribution in [3.05, 3.63) is 89.5 Å². The summed E-state index contributed by atoms with van der Waals surface area (Å²) in [6.45, 7) is 4.07. The Balaban J connectivity index is 1.58. The van der Waals surface area contributed by atoms with Gasteiger partial charge in [-0.3, -0.25) is 4.79 Å². The van der Waals surface area contributed by atoms with Crippen molar-refractivity contribution >= 4 is 11.6 Å². The zero-order valence-corrected chi connectivity index (χ0v) is 17.9. The second-order valence-electron chi connectivity index (χ2n) is 6.93. The van der Waals surface area contributed by atoms with E-state index < -0.39 is 0 Å². The molecule has 0 aliphatic heterocycles. The van der Waals surface area contributed by atoms with Crippen LogP contribution in [0.2, 0.25) is 0 Å². The lowest BCUT2D eigenvalue weighted by Crippen LogP contribution is -2.25. The first-order valence-corrected chi connectivity index (χ1v) is 9.93. The standard InChI is InChI=1S/C25H26N2O4/c1-18-9-7-8-12-22(18)31-17-25(28)27-26-19(2)21-13-14-23(24(15-21)29-3)30-16-20-10-5-4-6-11-20/h4-15H,16-17H2,1-3H3,(H,27,28). The van der Waals surface area contributed by atoms with E-state index in [1.807, 2.05) is 86.6 Å². The third-order valence-electron chi connectivity index (χ3n) is 4.62. The molecule has 6 heteroatoms. The number of hydrogen-bond donors (Lipinski definition) is 1. The predicted octanol–water partition coefficient (Wildman–Crippen LogP) is 4.50. The molecule has 0 saturated carbocycles. The predicted molar refractivity (Wildman–Crippen MR) is 121 cm³/mol. The zero-order chi connectivity index (χ0) is 22.1. The Morgan fingerprint density at radius 3 is 2.39 bits per heavy atom. The van der Waals surface area contributed by atoms with Crippen molar-refractivity contribution in [3.63, 3.8) is 0 Å². The molecule has 160 valence electrons. The van der Waals surface area contributed by atoms with Crippen LogP contribution < -0.4 is 19.6 Å². The molecule has 1 N–H and O–H groups in total. The average Bonchev–Trinajstić information content (AvgIpc) is 2.81. The van der Waals surface area contributed by atoms with Gasteiger partial charge in [0.2, 0.25) is 0 Å². The summed E-state index contributed by atoms with van der Waals surface area (Å²) in [7, 11) is 1.59. The summed E-state index contributed by atoms with van der Waals surface area (Å²) in [5.74, 6) is 1.57. The van der Waals surface area contributed by atoms with E-state index in [1.54, 1.807) is 7.11 Å². The zero-order valence-electron chi connectivity index (χ0n) is 17.9. The van der Waals surface area contributed by atoms with Gasteiger partial charge >= 0.3 is 0 Å². The summed E-state index contributed by atoms with van der Waals surface area (Å²) < 4.78 is 16.9. The minimum Gasteiger partial charge on any atom is -0.493 e. The van der Waals surface area contributed by atoms with Gasteiger partial charge in [-0.2, -0.15) is 5.10 Å². The van der Waals surface area contributed by atoms with E-state index in [-0.39, 0.29) is 12.5 Å². The molecular weight excluding hydrogens is 392 g/mol. The van der Waals surface area contributed by atoms with Gasteiger partial charge in [0.25, 0.3) is 5.91 Å². The minimum atomic E-state index is -0.336. The van der Waals surface area contributed by atoms with Crippen LogP contribution in [0.15, 0.2) is 77.9 Å². The number of para-hydroxylation sites is 1. The van der Waals surface area contributed by atoms with Crippen LogP contribution in [-0.2, 0) is 11.4 Å². The number of carbonyl (C=O) groups excluding carboxylic acids is 1. The highest BCUT2D eigenvalue weighted by Gasteiger charge is 2.09. The van der Waals surface area contributed by atoms with E-state index in [1.165, 1.54) is 0 Å². The second kappa shape index (κ2) is 10.8. The first kappa shape index (κ1) is 21.9. The van der Waals surface area contributed by atoms with Gasteiger partial charge in [-0.05, 0) is 49.2 Å². The average molecular weight is 418 g/mol. The van der Waals surface area contributed by atoms with E-state index in [0.29, 0.717) is 29.6 Å². The van der Waals surface area contributed by atoms with Crippen LogP contribution in [0.1, 0.15) is 23.6 Å². The van der Waals surface area contributed by atoms with Crippen LogP contribution in [0.4, 0.5) is 0 Å². The van der Waals surface area contributed by atoms with E-state index in [0.717, 1.165) is 16.7 Å². The fourth-order valence-corrected chi connectivity index (χ4v) is 2.85. The number of nitrogens with one attached hydrogen (secondary N) is 1. The molecule has 3 aromatic rings. The number of rotatable bonds is 9. The summed E-state index contributed by atoms with van der Waals surface area (Å²) >= 11 is 0. The third kappa shape index (κ3) is 6.34. The monoisotopic (exact) mass is 418 g/mol. The number of methoxy groups -OCH3 is 1. The van der Waals surface area contributed by atoms with Gasteiger partial charge in [0.1, 0.15) is 12.4 Å². The number of hydrazone groups is 1. The molecule has 0 fully saturated rings. The van der Waals surface area contributed by atoms with Gasteiger partial charge in [0.05, 0.1) is 12.8 Å². The molecular formula is C25H26N2O4. The Hall–Kier alpha value is -3.80. The summed E-state index contributed by atoms with van der Waals surface area (Å²) in [6.07, 6.45) is 0. The van der Waals surface area contributed by atoms with Crippen molar-refractivity contribution in [3.8, 4) is 17.2 Å². The largest absolute Gasteiger partial charge is 0.493 e. The number of ether oxygens (including phenoxy) is 3. The molecule has 0 heterocycles. The van der Waals surface area contributed by atoms with Gasteiger partial charge in [0.15, 0.2) is 18.1 Å². The number of aryl methyl sites for hydroxylation is 1. The lowest BCUT2D eigenvalue weighted by molar-refractivity contribution is -0.123. The Morgan fingerprint density at radius 2 is 1.65 bits per heavy atom. The topological polar surface area (TPSA) is 69.2 Å². The molecule has 0 atom stereocenters. The van der Waals surface area contributed by atoms with Crippen molar-refractivity contribution in [2.24, 2.45) is 5.10 Å². The number of hydrogen-bond acceptors (Lipinski definition) is 5. The Labute approximate surface area is 182 Å². The molecule has 31 heavy (non-hydrogen) atoms. The maximum atomic E-state index is 12.1. The van der Waals surface area contributed by atoms with Crippen LogP contribution in [0.3, 0.4) is 0 Å². The van der Waals surface area contributed by atoms with E-state index in [2.05, 4.69) is 10.5 Å². The van der Waals surface area contributed by atoms with E-state index >= 15 is 0 Å². The van der Waals surface area contributed by atoms with Crippen LogP contribution in [0, 0.1) is 6.92 Å². The molecule has 3 rings (SSSR count). The first-order chi connectivity index (χ1) is 15.1. The van der Waals surface area contributed by atoms with Crippen molar-refractivity contribution in [2.45, 2.75) is 20.5 Å². The summed E-state index contributed by atoms with van der Waals surface area (Å²) in [5.41, 5.74) is 6.01. The highest BCUT2D eigenvalue weighted by Crippen LogP contribution is 2.29. The van der Waals surface area contributed by atoms with Crippen LogP contribution >= 0.6 is 0 Å². The van der Waals surface area contributed by atoms with Gasteiger partial charge < -0.3 is 14.2 Å². The fourth-order valence-electron chi connectivity index (χ4n) is 2.85. The van der Waals surface area contributed by atoms with Gasteiger partial charge in [0, 0.05) is 5.56 Å². The molecule has 0 saturated heterocycles. The molecule has 3 aromatic carbocycles. The van der Waals surface area contributed by atoms with Gasteiger partial charge in [-0.15, -0.1) is 0 Å².